The zero-order valence-corrected chi connectivity index (χ0v) is 10.6. The molecule has 1 aliphatic carbocycles. The average molecular weight is 219 g/mol. The van der Waals surface area contributed by atoms with Gasteiger partial charge in [0.05, 0.1) is 5.92 Å². The van der Waals surface area contributed by atoms with Gasteiger partial charge in [-0.25, -0.2) is 0 Å². The summed E-state index contributed by atoms with van der Waals surface area (Å²) in [6.45, 7) is 8.73. The molecule has 0 aromatic heterocycles. The number of nitrogens with zero attached hydrogens (tertiary/aromatic N) is 1. The Kier molecular flexibility index (Phi) is 4.53. The van der Waals surface area contributed by atoms with Crippen LogP contribution in [0.3, 0.4) is 0 Å². The first-order valence-corrected chi connectivity index (χ1v) is 5.85. The molecule has 88 valence electrons. The van der Waals surface area contributed by atoms with Gasteiger partial charge < -0.3 is 9.69 Å². The number of carbonyl (C=O) groups is 1. The van der Waals surface area contributed by atoms with Gasteiger partial charge >= 0.3 is 0 Å². The van der Waals surface area contributed by atoms with Crippen molar-refractivity contribution in [1.29, 1.82) is 0 Å². The molecule has 0 spiro atoms. The molecule has 0 heterocycles. The zero-order chi connectivity index (χ0) is 12.1. The molecular formula is C14H21NO. The van der Waals surface area contributed by atoms with Crippen LogP contribution in [0.2, 0.25) is 0 Å². The van der Waals surface area contributed by atoms with Gasteiger partial charge in [0.1, 0.15) is 6.29 Å². The Morgan fingerprint density at radius 2 is 1.62 bits per heavy atom. The van der Waals surface area contributed by atoms with E-state index in [0.717, 1.165) is 11.9 Å². The van der Waals surface area contributed by atoms with Crippen LogP contribution in [-0.4, -0.2) is 23.3 Å². The van der Waals surface area contributed by atoms with Gasteiger partial charge in [0, 0.05) is 18.3 Å². The van der Waals surface area contributed by atoms with E-state index in [0.29, 0.717) is 12.1 Å². The second kappa shape index (κ2) is 5.69. The largest absolute Gasteiger partial charge is 0.372 e. The molecule has 0 bridgehead atoms. The monoisotopic (exact) mass is 219 g/mol. The first kappa shape index (κ1) is 12.8. The fourth-order valence-corrected chi connectivity index (χ4v) is 1.81. The Labute approximate surface area is 98.3 Å². The predicted molar refractivity (Wildman–Crippen MR) is 68.0 cm³/mol. The zero-order valence-electron chi connectivity index (χ0n) is 10.6. The molecule has 2 nitrogen and oxygen atoms in total. The smallest absolute Gasteiger partial charge is 0.130 e. The lowest BCUT2D eigenvalue weighted by Gasteiger charge is -2.30. The third-order valence-electron chi connectivity index (χ3n) is 2.67. The van der Waals surface area contributed by atoms with Crippen LogP contribution >= 0.6 is 0 Å². The summed E-state index contributed by atoms with van der Waals surface area (Å²) in [4.78, 5) is 12.9. The molecule has 0 saturated carbocycles. The molecule has 1 rings (SSSR count). The van der Waals surface area contributed by atoms with Crippen LogP contribution in [0.25, 0.3) is 0 Å². The number of aldehydes is 1. The summed E-state index contributed by atoms with van der Waals surface area (Å²) in [7, 11) is 0. The Hall–Kier alpha value is -1.31. The molecule has 16 heavy (non-hydrogen) atoms. The maximum Gasteiger partial charge on any atom is 0.130 e. The third kappa shape index (κ3) is 3.37. The second-order valence-corrected chi connectivity index (χ2v) is 4.70. The molecule has 0 aromatic rings. The van der Waals surface area contributed by atoms with E-state index in [-0.39, 0.29) is 5.92 Å². The van der Waals surface area contributed by atoms with E-state index in [1.807, 2.05) is 24.3 Å². The highest BCUT2D eigenvalue weighted by atomic mass is 16.1. The first-order valence-electron chi connectivity index (χ1n) is 5.85. The summed E-state index contributed by atoms with van der Waals surface area (Å²) < 4.78 is 0. The molecule has 0 amide bonds. The average Bonchev–Trinajstić information content (AvgIpc) is 2.25. The van der Waals surface area contributed by atoms with Crippen LogP contribution in [0, 0.1) is 5.92 Å². The minimum Gasteiger partial charge on any atom is -0.372 e. The molecule has 1 aliphatic rings. The van der Waals surface area contributed by atoms with Gasteiger partial charge in [-0.3, -0.25) is 0 Å². The molecule has 0 saturated heterocycles. The maximum absolute atomic E-state index is 10.6. The molecule has 0 aliphatic heterocycles. The molecule has 0 atom stereocenters. The number of hydrogen-bond acceptors (Lipinski definition) is 2. The third-order valence-corrected chi connectivity index (χ3v) is 2.67. The van der Waals surface area contributed by atoms with Crippen LogP contribution in [0.1, 0.15) is 27.7 Å². The van der Waals surface area contributed by atoms with Crippen molar-refractivity contribution in [2.24, 2.45) is 5.92 Å². The summed E-state index contributed by atoms with van der Waals surface area (Å²) in [5.74, 6) is -0.0521. The summed E-state index contributed by atoms with van der Waals surface area (Å²) in [6.07, 6.45) is 11.0. The molecule has 0 fully saturated rings. The van der Waals surface area contributed by atoms with Crippen LogP contribution in [0.5, 0.6) is 0 Å². The van der Waals surface area contributed by atoms with Crippen molar-refractivity contribution < 1.29 is 4.79 Å². The van der Waals surface area contributed by atoms with Gasteiger partial charge in [0.25, 0.3) is 0 Å². The fourth-order valence-electron chi connectivity index (χ4n) is 1.81. The summed E-state index contributed by atoms with van der Waals surface area (Å²) >= 11 is 0. The minimum atomic E-state index is -0.0521. The second-order valence-electron chi connectivity index (χ2n) is 4.70. The molecule has 2 heteroatoms. The van der Waals surface area contributed by atoms with Crippen molar-refractivity contribution in [2.75, 3.05) is 0 Å². The van der Waals surface area contributed by atoms with Crippen molar-refractivity contribution in [3.63, 3.8) is 0 Å². The summed E-state index contributed by atoms with van der Waals surface area (Å²) in [5.41, 5.74) is 1.15. The Balaban J connectivity index is 2.77. The molecule has 0 unspecified atom stereocenters. The van der Waals surface area contributed by atoms with E-state index in [1.165, 1.54) is 0 Å². The lowest BCUT2D eigenvalue weighted by atomic mass is 10.0. The van der Waals surface area contributed by atoms with E-state index in [1.54, 1.807) is 0 Å². The minimum absolute atomic E-state index is 0.0521. The van der Waals surface area contributed by atoms with E-state index in [4.69, 9.17) is 0 Å². The van der Waals surface area contributed by atoms with Crippen LogP contribution in [-0.2, 0) is 4.79 Å². The molecule has 0 aromatic carbocycles. The summed E-state index contributed by atoms with van der Waals surface area (Å²) in [5, 5.41) is 0. The van der Waals surface area contributed by atoms with Gasteiger partial charge in [0.2, 0.25) is 0 Å². The van der Waals surface area contributed by atoms with Gasteiger partial charge in [0.15, 0.2) is 0 Å². The van der Waals surface area contributed by atoms with Gasteiger partial charge in [-0.15, -0.1) is 0 Å². The maximum atomic E-state index is 10.6. The first-order chi connectivity index (χ1) is 7.54. The SMILES string of the molecule is CC(C)N(C=C1C=CC(C=O)C=C1)C(C)C. The number of rotatable bonds is 4. The quantitative estimate of drug-likeness (QED) is 0.678. The van der Waals surface area contributed by atoms with Crippen molar-refractivity contribution in [2.45, 2.75) is 39.8 Å². The topological polar surface area (TPSA) is 20.3 Å². The molecular weight excluding hydrogens is 198 g/mol. The molecule has 0 radical (unpaired) electrons. The van der Waals surface area contributed by atoms with Gasteiger partial charge in [-0.2, -0.15) is 0 Å². The van der Waals surface area contributed by atoms with Crippen molar-refractivity contribution in [3.8, 4) is 0 Å². The summed E-state index contributed by atoms with van der Waals surface area (Å²) in [6, 6.07) is 0.969. The van der Waals surface area contributed by atoms with E-state index >= 15 is 0 Å². The Bertz CT molecular complexity index is 300. The highest BCUT2D eigenvalue weighted by Crippen LogP contribution is 2.15. The normalized spacial score (nSPS) is 19.4. The van der Waals surface area contributed by atoms with E-state index in [9.17, 15) is 4.79 Å². The lowest BCUT2D eigenvalue weighted by Crippen LogP contribution is -2.32. The Morgan fingerprint density at radius 1 is 1.12 bits per heavy atom. The standard InChI is InChI=1S/C14H21NO/c1-11(2)15(12(3)4)9-13-5-7-14(10-16)8-6-13/h5-12,14H,1-4H3. The number of hydrogen-bond donors (Lipinski definition) is 0. The predicted octanol–water partition coefficient (Wildman–Crippen LogP) is 2.93. The van der Waals surface area contributed by atoms with E-state index in [2.05, 4.69) is 38.8 Å². The van der Waals surface area contributed by atoms with Crippen LogP contribution in [0.15, 0.2) is 36.1 Å². The van der Waals surface area contributed by atoms with Crippen LogP contribution < -0.4 is 0 Å². The van der Waals surface area contributed by atoms with Crippen molar-refractivity contribution in [1.82, 2.24) is 4.90 Å². The van der Waals surface area contributed by atoms with Crippen molar-refractivity contribution in [3.05, 3.63) is 36.1 Å². The van der Waals surface area contributed by atoms with Gasteiger partial charge in [-0.05, 0) is 33.3 Å². The fraction of sp³-hybridized carbons (Fsp3) is 0.500. The van der Waals surface area contributed by atoms with Crippen LogP contribution in [0.4, 0.5) is 0 Å². The number of carbonyl (C=O) groups excluding carboxylic acids is 1. The highest BCUT2D eigenvalue weighted by molar-refractivity contribution is 5.62. The van der Waals surface area contributed by atoms with Gasteiger partial charge in [-0.1, -0.05) is 24.3 Å². The highest BCUT2D eigenvalue weighted by Gasteiger charge is 2.10. The Morgan fingerprint density at radius 3 is 2.00 bits per heavy atom. The van der Waals surface area contributed by atoms with E-state index < -0.39 is 0 Å². The molecule has 0 N–H and O–H groups in total. The number of allylic oxidation sites excluding steroid dienone is 5. The van der Waals surface area contributed by atoms with Crippen molar-refractivity contribution >= 4 is 6.29 Å². The lowest BCUT2D eigenvalue weighted by molar-refractivity contribution is -0.108.